The molecule has 26 heavy (non-hydrogen) atoms. The number of hydrogen-bond donors (Lipinski definition) is 2. The molecule has 0 saturated heterocycles. The molecule has 0 atom stereocenters. The van der Waals surface area contributed by atoms with E-state index in [2.05, 4.69) is 10.6 Å². The highest BCUT2D eigenvalue weighted by molar-refractivity contribution is 6.06. The molecule has 0 aliphatic rings. The van der Waals surface area contributed by atoms with Gasteiger partial charge in [0.05, 0.1) is 14.2 Å². The van der Waals surface area contributed by atoms with Crippen molar-refractivity contribution in [1.29, 1.82) is 5.26 Å². The van der Waals surface area contributed by atoms with Crippen LogP contribution in [-0.2, 0) is 11.2 Å². The lowest BCUT2D eigenvalue weighted by molar-refractivity contribution is -0.112. The highest BCUT2D eigenvalue weighted by Crippen LogP contribution is 2.15. The van der Waals surface area contributed by atoms with Crippen molar-refractivity contribution < 1.29 is 14.3 Å². The second-order valence-corrected chi connectivity index (χ2v) is 5.41. The van der Waals surface area contributed by atoms with Gasteiger partial charge in [-0.25, -0.2) is 0 Å². The molecule has 0 saturated carbocycles. The van der Waals surface area contributed by atoms with E-state index in [1.165, 1.54) is 6.20 Å². The van der Waals surface area contributed by atoms with Crippen LogP contribution in [0.5, 0.6) is 11.5 Å². The summed E-state index contributed by atoms with van der Waals surface area (Å²) < 4.78 is 10.2. The molecule has 0 aromatic heterocycles. The number of nitriles is 1. The van der Waals surface area contributed by atoms with Crippen LogP contribution in [0.3, 0.4) is 0 Å². The third kappa shape index (κ3) is 5.56. The van der Waals surface area contributed by atoms with Gasteiger partial charge in [0.2, 0.25) is 0 Å². The number of carbonyl (C=O) groups is 1. The fraction of sp³-hybridized carbons (Fsp3) is 0.200. The molecule has 2 rings (SSSR count). The Hall–Kier alpha value is -3.46. The van der Waals surface area contributed by atoms with Gasteiger partial charge in [-0.05, 0) is 48.4 Å². The molecule has 0 aliphatic heterocycles. The normalized spacial score (nSPS) is 10.6. The number of benzene rings is 2. The van der Waals surface area contributed by atoms with Crippen molar-refractivity contribution >= 4 is 11.6 Å². The Balaban J connectivity index is 1.87. The van der Waals surface area contributed by atoms with Gasteiger partial charge in [0.1, 0.15) is 23.1 Å². The average molecular weight is 351 g/mol. The zero-order valence-corrected chi connectivity index (χ0v) is 14.8. The van der Waals surface area contributed by atoms with E-state index in [0.29, 0.717) is 18.0 Å². The van der Waals surface area contributed by atoms with Gasteiger partial charge in [0.15, 0.2) is 0 Å². The Labute approximate surface area is 153 Å². The first-order valence-corrected chi connectivity index (χ1v) is 8.08. The van der Waals surface area contributed by atoms with E-state index >= 15 is 0 Å². The van der Waals surface area contributed by atoms with Gasteiger partial charge < -0.3 is 20.1 Å². The Morgan fingerprint density at radius 2 is 1.85 bits per heavy atom. The van der Waals surface area contributed by atoms with Crippen LogP contribution < -0.4 is 20.1 Å². The van der Waals surface area contributed by atoms with Gasteiger partial charge in [0.25, 0.3) is 5.91 Å². The van der Waals surface area contributed by atoms with Crippen LogP contribution >= 0.6 is 0 Å². The van der Waals surface area contributed by atoms with Gasteiger partial charge in [-0.2, -0.15) is 5.26 Å². The molecule has 2 aromatic carbocycles. The predicted molar refractivity (Wildman–Crippen MR) is 100 cm³/mol. The monoisotopic (exact) mass is 351 g/mol. The quantitative estimate of drug-likeness (QED) is 0.434. The summed E-state index contributed by atoms with van der Waals surface area (Å²) >= 11 is 0. The van der Waals surface area contributed by atoms with Crippen molar-refractivity contribution in [2.45, 2.75) is 6.42 Å². The van der Waals surface area contributed by atoms with Gasteiger partial charge in [-0.3, -0.25) is 4.79 Å². The van der Waals surface area contributed by atoms with Crippen LogP contribution in [-0.4, -0.2) is 26.7 Å². The number of hydrogen-bond acceptors (Lipinski definition) is 5. The van der Waals surface area contributed by atoms with Gasteiger partial charge in [-0.15, -0.1) is 0 Å². The third-order valence-corrected chi connectivity index (χ3v) is 3.65. The van der Waals surface area contributed by atoms with E-state index in [-0.39, 0.29) is 5.57 Å². The van der Waals surface area contributed by atoms with Crippen LogP contribution in [0.25, 0.3) is 0 Å². The van der Waals surface area contributed by atoms with Crippen molar-refractivity contribution in [1.82, 2.24) is 5.32 Å². The van der Waals surface area contributed by atoms with Crippen molar-refractivity contribution in [3.63, 3.8) is 0 Å². The smallest absolute Gasteiger partial charge is 0.267 e. The number of nitrogens with one attached hydrogen (secondary N) is 2. The van der Waals surface area contributed by atoms with Crippen LogP contribution in [0.1, 0.15) is 5.56 Å². The predicted octanol–water partition coefficient (Wildman–Crippen LogP) is 2.88. The molecule has 6 heteroatoms. The van der Waals surface area contributed by atoms with Crippen molar-refractivity contribution in [2.24, 2.45) is 0 Å². The Kier molecular flexibility index (Phi) is 7.07. The first-order chi connectivity index (χ1) is 12.7. The summed E-state index contributed by atoms with van der Waals surface area (Å²) in [4.78, 5) is 12.2. The molecule has 2 N–H and O–H groups in total. The molecule has 0 heterocycles. The summed E-state index contributed by atoms with van der Waals surface area (Å²) in [6, 6.07) is 16.5. The summed E-state index contributed by atoms with van der Waals surface area (Å²) in [6.07, 6.45) is 2.17. The number of rotatable bonds is 8. The number of methoxy groups -OCH3 is 2. The Morgan fingerprint density at radius 1 is 1.12 bits per heavy atom. The SMILES string of the molecule is COc1ccc(NC(=O)/C(C#N)=C\NCCc2cccc(OC)c2)cc1. The Morgan fingerprint density at radius 3 is 2.50 bits per heavy atom. The van der Waals surface area contributed by atoms with E-state index in [9.17, 15) is 10.1 Å². The minimum Gasteiger partial charge on any atom is -0.497 e. The van der Waals surface area contributed by atoms with Crippen molar-refractivity contribution in [3.8, 4) is 17.6 Å². The lowest BCUT2D eigenvalue weighted by Crippen LogP contribution is -2.18. The maximum absolute atomic E-state index is 12.2. The summed E-state index contributed by atoms with van der Waals surface area (Å²) in [5, 5.41) is 14.9. The Bertz CT molecular complexity index is 808. The van der Waals surface area contributed by atoms with Crippen LogP contribution in [0.2, 0.25) is 0 Å². The highest BCUT2D eigenvalue weighted by Gasteiger charge is 2.09. The molecule has 0 fully saturated rings. The maximum Gasteiger partial charge on any atom is 0.267 e. The zero-order chi connectivity index (χ0) is 18.8. The number of carbonyl (C=O) groups excluding carboxylic acids is 1. The average Bonchev–Trinajstić information content (AvgIpc) is 2.68. The molecule has 6 nitrogen and oxygen atoms in total. The first kappa shape index (κ1) is 18.9. The van der Waals surface area contributed by atoms with E-state index in [4.69, 9.17) is 9.47 Å². The van der Waals surface area contributed by atoms with E-state index in [0.717, 1.165) is 17.7 Å². The first-order valence-electron chi connectivity index (χ1n) is 8.08. The number of anilines is 1. The third-order valence-electron chi connectivity index (χ3n) is 3.65. The minimum atomic E-state index is -0.466. The molecule has 134 valence electrons. The highest BCUT2D eigenvalue weighted by atomic mass is 16.5. The van der Waals surface area contributed by atoms with E-state index in [1.807, 2.05) is 30.3 Å². The van der Waals surface area contributed by atoms with Crippen LogP contribution in [0.15, 0.2) is 60.3 Å². The maximum atomic E-state index is 12.2. The van der Waals surface area contributed by atoms with Crippen LogP contribution in [0.4, 0.5) is 5.69 Å². The molecule has 0 radical (unpaired) electrons. The van der Waals surface area contributed by atoms with Gasteiger partial charge >= 0.3 is 0 Å². The second kappa shape index (κ2) is 9.74. The van der Waals surface area contributed by atoms with Crippen molar-refractivity contribution in [2.75, 3.05) is 26.1 Å². The molecule has 0 aliphatic carbocycles. The minimum absolute atomic E-state index is 0.00598. The zero-order valence-electron chi connectivity index (χ0n) is 14.8. The van der Waals surface area contributed by atoms with E-state index in [1.54, 1.807) is 38.5 Å². The van der Waals surface area contributed by atoms with Crippen molar-refractivity contribution in [3.05, 3.63) is 65.9 Å². The molecule has 1 amide bonds. The number of nitrogens with zero attached hydrogens (tertiary/aromatic N) is 1. The fourth-order valence-electron chi connectivity index (χ4n) is 2.24. The standard InChI is InChI=1S/C20H21N3O3/c1-25-18-8-6-17(7-9-18)23-20(24)16(13-21)14-22-11-10-15-4-3-5-19(12-15)26-2/h3-9,12,14,22H,10-11H2,1-2H3,(H,23,24)/b16-14-. The summed E-state index contributed by atoms with van der Waals surface area (Å²) in [6.45, 7) is 0.591. The topological polar surface area (TPSA) is 83.4 Å². The molecule has 0 spiro atoms. The van der Waals surface area contributed by atoms with Crippen LogP contribution in [0, 0.1) is 11.3 Å². The molecule has 0 unspecified atom stereocenters. The lowest BCUT2D eigenvalue weighted by atomic mass is 10.1. The summed E-state index contributed by atoms with van der Waals surface area (Å²) in [5.74, 6) is 1.03. The molecular formula is C20H21N3O3. The molecular weight excluding hydrogens is 330 g/mol. The lowest BCUT2D eigenvalue weighted by Gasteiger charge is -2.07. The van der Waals surface area contributed by atoms with Gasteiger partial charge in [-0.1, -0.05) is 12.1 Å². The summed E-state index contributed by atoms with van der Waals surface area (Å²) in [7, 11) is 3.20. The number of ether oxygens (including phenoxy) is 2. The number of amides is 1. The largest absolute Gasteiger partial charge is 0.497 e. The van der Waals surface area contributed by atoms with Gasteiger partial charge in [0, 0.05) is 18.4 Å². The second-order valence-electron chi connectivity index (χ2n) is 5.41. The fourth-order valence-corrected chi connectivity index (χ4v) is 2.24. The summed E-state index contributed by atoms with van der Waals surface area (Å²) in [5.41, 5.74) is 1.70. The molecule has 2 aromatic rings. The van der Waals surface area contributed by atoms with E-state index < -0.39 is 5.91 Å². The molecule has 0 bridgehead atoms.